The summed E-state index contributed by atoms with van der Waals surface area (Å²) in [7, 11) is 0. The zero-order valence-corrected chi connectivity index (χ0v) is 10.4. The van der Waals surface area contributed by atoms with E-state index in [0.717, 1.165) is 0 Å². The molecule has 0 atom stereocenters. The van der Waals surface area contributed by atoms with Crippen molar-refractivity contribution >= 4 is 22.2 Å². The van der Waals surface area contributed by atoms with E-state index < -0.39 is 4.92 Å². The molecule has 0 saturated carbocycles. The molecule has 0 aliphatic carbocycles. The lowest BCUT2D eigenvalue weighted by atomic mass is 10.0. The second-order valence-electron chi connectivity index (χ2n) is 4.44. The fraction of sp³-hybridized carbons (Fsp3) is 0.214. The maximum atomic E-state index is 11.0. The van der Waals surface area contributed by atoms with Crippen molar-refractivity contribution in [3.05, 3.63) is 46.0 Å². The number of nitrogens with zero attached hydrogens (tertiary/aromatic N) is 1. The van der Waals surface area contributed by atoms with Crippen LogP contribution < -0.4 is 0 Å². The van der Waals surface area contributed by atoms with Crippen LogP contribution >= 0.6 is 0 Å². The van der Waals surface area contributed by atoms with Crippen LogP contribution in [0.3, 0.4) is 0 Å². The maximum Gasteiger partial charge on any atom is 0.277 e. The average molecular weight is 259 g/mol. The molecule has 0 bridgehead atoms. The highest BCUT2D eigenvalue weighted by molar-refractivity contribution is 5.92. The number of nitro groups is 1. The van der Waals surface area contributed by atoms with E-state index in [1.54, 1.807) is 18.2 Å². The van der Waals surface area contributed by atoms with Gasteiger partial charge in [-0.25, -0.2) is 0 Å². The third kappa shape index (κ3) is 2.70. The molecular formula is C14H13NO4. The van der Waals surface area contributed by atoms with Gasteiger partial charge >= 0.3 is 0 Å². The normalized spacial score (nSPS) is 10.6. The van der Waals surface area contributed by atoms with Gasteiger partial charge in [-0.15, -0.1) is 0 Å². The van der Waals surface area contributed by atoms with Crippen molar-refractivity contribution < 1.29 is 14.8 Å². The smallest absolute Gasteiger partial charge is 0.277 e. The van der Waals surface area contributed by atoms with E-state index >= 15 is 0 Å². The molecular weight excluding hydrogens is 246 g/mol. The van der Waals surface area contributed by atoms with Gasteiger partial charge < -0.3 is 9.90 Å². The first-order valence-electron chi connectivity index (χ1n) is 5.87. The fourth-order valence-corrected chi connectivity index (χ4v) is 2.01. The Hall–Kier alpha value is -2.43. The number of aryl methyl sites for hydroxylation is 1. The number of fused-ring (bicyclic) bond motifs is 1. The minimum atomic E-state index is -0.450. The second-order valence-corrected chi connectivity index (χ2v) is 4.44. The molecule has 2 rings (SSSR count). The van der Waals surface area contributed by atoms with Gasteiger partial charge in [-0.1, -0.05) is 12.1 Å². The topological polar surface area (TPSA) is 80.4 Å². The molecule has 2 aromatic carbocycles. The molecule has 19 heavy (non-hydrogen) atoms. The van der Waals surface area contributed by atoms with E-state index in [1.807, 2.05) is 0 Å². The van der Waals surface area contributed by atoms with Crippen LogP contribution in [0.25, 0.3) is 10.8 Å². The summed E-state index contributed by atoms with van der Waals surface area (Å²) < 4.78 is 0. The van der Waals surface area contributed by atoms with E-state index in [2.05, 4.69) is 0 Å². The number of carbonyl (C=O) groups is 1. The van der Waals surface area contributed by atoms with Crippen molar-refractivity contribution in [3.63, 3.8) is 0 Å². The first-order chi connectivity index (χ1) is 8.99. The third-order valence-corrected chi connectivity index (χ3v) is 3.00. The number of Topliss-reactive ketones (excluding diaryl/α,β-unsaturated/α-hetero) is 1. The molecule has 0 unspecified atom stereocenters. The highest BCUT2D eigenvalue weighted by Gasteiger charge is 2.14. The number of rotatable bonds is 4. The van der Waals surface area contributed by atoms with Crippen LogP contribution in [0.15, 0.2) is 30.3 Å². The number of phenols is 1. The van der Waals surface area contributed by atoms with Crippen molar-refractivity contribution in [2.45, 2.75) is 19.8 Å². The Labute approximate surface area is 109 Å². The van der Waals surface area contributed by atoms with E-state index in [0.29, 0.717) is 29.2 Å². The van der Waals surface area contributed by atoms with Crippen LogP contribution in [0.5, 0.6) is 5.75 Å². The molecule has 0 fully saturated rings. The van der Waals surface area contributed by atoms with Gasteiger partial charge in [-0.2, -0.15) is 0 Å². The quantitative estimate of drug-likeness (QED) is 0.676. The molecule has 0 spiro atoms. The molecule has 98 valence electrons. The van der Waals surface area contributed by atoms with Crippen molar-refractivity contribution in [2.24, 2.45) is 0 Å². The minimum Gasteiger partial charge on any atom is -0.508 e. The van der Waals surface area contributed by atoms with Gasteiger partial charge in [-0.05, 0) is 36.4 Å². The Balaban J connectivity index is 2.55. The number of hydrogen-bond donors (Lipinski definition) is 1. The lowest BCUT2D eigenvalue weighted by Crippen LogP contribution is -1.96. The van der Waals surface area contributed by atoms with Gasteiger partial charge in [0.25, 0.3) is 5.69 Å². The van der Waals surface area contributed by atoms with Gasteiger partial charge in [0.05, 0.1) is 10.3 Å². The Morgan fingerprint density at radius 2 is 2.11 bits per heavy atom. The van der Waals surface area contributed by atoms with E-state index in [9.17, 15) is 20.0 Å². The zero-order valence-electron chi connectivity index (χ0n) is 10.4. The van der Waals surface area contributed by atoms with E-state index in [1.165, 1.54) is 19.1 Å². The van der Waals surface area contributed by atoms with Crippen molar-refractivity contribution in [1.82, 2.24) is 0 Å². The van der Waals surface area contributed by atoms with Crippen molar-refractivity contribution in [2.75, 3.05) is 0 Å². The van der Waals surface area contributed by atoms with Crippen LogP contribution in [0.2, 0.25) is 0 Å². The predicted octanol–water partition coefficient (Wildman–Crippen LogP) is 2.98. The summed E-state index contributed by atoms with van der Waals surface area (Å²) in [5, 5.41) is 21.9. The molecule has 0 aromatic heterocycles. The van der Waals surface area contributed by atoms with Crippen LogP contribution in [0, 0.1) is 10.1 Å². The summed E-state index contributed by atoms with van der Waals surface area (Å²) >= 11 is 0. The van der Waals surface area contributed by atoms with Gasteiger partial charge in [0.1, 0.15) is 11.5 Å². The number of non-ortho nitro benzene ring substituents is 1. The first kappa shape index (κ1) is 13.0. The average Bonchev–Trinajstić information content (AvgIpc) is 2.35. The van der Waals surface area contributed by atoms with Crippen molar-refractivity contribution in [1.29, 1.82) is 0 Å². The number of aromatic hydroxyl groups is 1. The number of hydrogen-bond acceptors (Lipinski definition) is 4. The molecule has 5 nitrogen and oxygen atoms in total. The van der Waals surface area contributed by atoms with Gasteiger partial charge in [0, 0.05) is 12.5 Å². The molecule has 0 aliphatic rings. The van der Waals surface area contributed by atoms with Crippen LogP contribution in [0.1, 0.15) is 18.9 Å². The SMILES string of the molecule is CC(=O)CCc1cc2c([N+](=O)[O-])cccc2cc1O. The molecule has 2 aromatic rings. The molecule has 5 heteroatoms. The van der Waals surface area contributed by atoms with Gasteiger partial charge in [0.15, 0.2) is 0 Å². The second kappa shape index (κ2) is 5.06. The summed E-state index contributed by atoms with van der Waals surface area (Å²) in [5.74, 6) is 0.0799. The molecule has 0 aliphatic heterocycles. The molecule has 0 amide bonds. The molecule has 0 saturated heterocycles. The summed E-state index contributed by atoms with van der Waals surface area (Å²) in [6.07, 6.45) is 0.683. The Morgan fingerprint density at radius 1 is 1.37 bits per heavy atom. The Bertz CT molecular complexity index is 664. The number of carbonyl (C=O) groups excluding carboxylic acids is 1. The van der Waals surface area contributed by atoms with E-state index in [-0.39, 0.29) is 17.2 Å². The predicted molar refractivity (Wildman–Crippen MR) is 71.3 cm³/mol. The lowest BCUT2D eigenvalue weighted by Gasteiger charge is -2.06. The van der Waals surface area contributed by atoms with E-state index in [4.69, 9.17) is 0 Å². The fourth-order valence-electron chi connectivity index (χ4n) is 2.01. The number of benzene rings is 2. The Morgan fingerprint density at radius 3 is 2.74 bits per heavy atom. The lowest BCUT2D eigenvalue weighted by molar-refractivity contribution is -0.383. The first-order valence-corrected chi connectivity index (χ1v) is 5.87. The van der Waals surface area contributed by atoms with Crippen LogP contribution in [0.4, 0.5) is 5.69 Å². The number of ketones is 1. The number of nitro benzene ring substituents is 1. The van der Waals surface area contributed by atoms with Gasteiger partial charge in [-0.3, -0.25) is 10.1 Å². The molecule has 0 heterocycles. The van der Waals surface area contributed by atoms with Crippen LogP contribution in [-0.2, 0) is 11.2 Å². The maximum absolute atomic E-state index is 11.0. The third-order valence-electron chi connectivity index (χ3n) is 3.00. The highest BCUT2D eigenvalue weighted by Crippen LogP contribution is 2.31. The zero-order chi connectivity index (χ0) is 14.0. The van der Waals surface area contributed by atoms with Gasteiger partial charge in [0.2, 0.25) is 0 Å². The van der Waals surface area contributed by atoms with Crippen molar-refractivity contribution in [3.8, 4) is 5.75 Å². The number of phenolic OH excluding ortho intramolecular Hbond substituents is 1. The summed E-state index contributed by atoms with van der Waals surface area (Å²) in [5.41, 5.74) is 0.554. The summed E-state index contributed by atoms with van der Waals surface area (Å²) in [6.45, 7) is 1.47. The molecule has 0 radical (unpaired) electrons. The van der Waals surface area contributed by atoms with Crippen LogP contribution in [-0.4, -0.2) is 15.8 Å². The summed E-state index contributed by atoms with van der Waals surface area (Å²) in [6, 6.07) is 7.80. The highest BCUT2D eigenvalue weighted by atomic mass is 16.6. The largest absolute Gasteiger partial charge is 0.508 e. The standard InChI is InChI=1S/C14H13NO4/c1-9(16)5-6-11-7-12-10(8-14(11)17)3-2-4-13(12)15(18)19/h2-4,7-8,17H,5-6H2,1H3. The summed E-state index contributed by atoms with van der Waals surface area (Å²) in [4.78, 5) is 21.5. The molecule has 1 N–H and O–H groups in total. The Kier molecular flexibility index (Phi) is 3.46. The monoisotopic (exact) mass is 259 g/mol. The minimum absolute atomic E-state index is 0.00146.